The van der Waals surface area contributed by atoms with Crippen molar-refractivity contribution in [3.63, 3.8) is 0 Å². The molecule has 1 aromatic heterocycles. The summed E-state index contributed by atoms with van der Waals surface area (Å²) in [5.41, 5.74) is 1.15. The number of ketones is 1. The largest absolute Gasteiger partial charge is 0.335 e. The van der Waals surface area contributed by atoms with Crippen LogP contribution in [0.3, 0.4) is 0 Å². The average Bonchev–Trinajstić information content (AvgIpc) is 2.62. The zero-order valence-electron chi connectivity index (χ0n) is 12.3. The summed E-state index contributed by atoms with van der Waals surface area (Å²) in [4.78, 5) is 20.1. The smallest absolute Gasteiger partial charge is 0.198 e. The molecule has 0 saturated heterocycles. The standard InChI is InChI=1S/C15H20N2OS2/c1-8-7-10(17-13(19)16-8)20-12-11(18)9-5-6-15(12,4)14(9,2)3/h7,9,12H,5-6H2,1-4H3,(H,16,17,19)/t9-,12+,15+/m1/s1. The van der Waals surface area contributed by atoms with Gasteiger partial charge in [0.25, 0.3) is 0 Å². The van der Waals surface area contributed by atoms with E-state index < -0.39 is 0 Å². The minimum absolute atomic E-state index is 0.0138. The SMILES string of the molecule is Cc1cc(S[C@H]2C(=O)[C@H]3CC[C@]2(C)C3(C)C)nc(=S)[nH]1. The third kappa shape index (κ3) is 1.82. The second-order valence-electron chi connectivity index (χ2n) is 6.84. The first-order valence-corrected chi connectivity index (χ1v) is 8.33. The Bertz CT molecular complexity index is 637. The lowest BCUT2D eigenvalue weighted by Gasteiger charge is -2.37. The van der Waals surface area contributed by atoms with Crippen molar-refractivity contribution >= 4 is 29.8 Å². The maximum absolute atomic E-state index is 12.7. The second-order valence-corrected chi connectivity index (χ2v) is 8.35. The number of hydrogen-bond donors (Lipinski definition) is 1. The van der Waals surface area contributed by atoms with E-state index >= 15 is 0 Å². The Hall–Kier alpha value is -0.680. The van der Waals surface area contributed by atoms with Gasteiger partial charge in [-0.2, -0.15) is 0 Å². The number of aromatic amines is 1. The molecule has 3 nitrogen and oxygen atoms in total. The van der Waals surface area contributed by atoms with Gasteiger partial charge in [-0.05, 0) is 48.9 Å². The van der Waals surface area contributed by atoms with Crippen LogP contribution >= 0.6 is 24.0 Å². The van der Waals surface area contributed by atoms with Gasteiger partial charge in [0.2, 0.25) is 0 Å². The van der Waals surface area contributed by atoms with E-state index in [9.17, 15) is 4.79 Å². The Kier molecular flexibility index (Phi) is 3.14. The van der Waals surface area contributed by atoms with E-state index in [1.54, 1.807) is 11.8 Å². The predicted octanol–water partition coefficient (Wildman–Crippen LogP) is 3.93. The first-order chi connectivity index (χ1) is 9.25. The van der Waals surface area contributed by atoms with Crippen molar-refractivity contribution in [2.45, 2.75) is 50.8 Å². The van der Waals surface area contributed by atoms with Crippen molar-refractivity contribution in [1.82, 2.24) is 9.97 Å². The predicted molar refractivity (Wildman–Crippen MR) is 83.4 cm³/mol. The molecule has 2 bridgehead atoms. The molecule has 1 N–H and O–H groups in total. The summed E-state index contributed by atoms with van der Waals surface area (Å²) >= 11 is 6.74. The van der Waals surface area contributed by atoms with E-state index in [0.717, 1.165) is 23.6 Å². The third-order valence-electron chi connectivity index (χ3n) is 5.57. The molecule has 1 aromatic rings. The Balaban J connectivity index is 1.96. The van der Waals surface area contributed by atoms with Crippen LogP contribution in [0.5, 0.6) is 0 Å². The monoisotopic (exact) mass is 308 g/mol. The summed E-state index contributed by atoms with van der Waals surface area (Å²) in [6.07, 6.45) is 2.17. The highest BCUT2D eigenvalue weighted by molar-refractivity contribution is 8.00. The second kappa shape index (κ2) is 4.41. The minimum Gasteiger partial charge on any atom is -0.335 e. The van der Waals surface area contributed by atoms with E-state index in [4.69, 9.17) is 12.2 Å². The summed E-state index contributed by atoms with van der Waals surface area (Å²) < 4.78 is 0.493. The van der Waals surface area contributed by atoms with Crippen LogP contribution < -0.4 is 0 Å². The summed E-state index contributed by atoms with van der Waals surface area (Å²) in [7, 11) is 0. The zero-order valence-corrected chi connectivity index (χ0v) is 14.0. The first kappa shape index (κ1) is 14.3. The summed E-state index contributed by atoms with van der Waals surface area (Å²) in [6.45, 7) is 8.74. The molecule has 2 fully saturated rings. The van der Waals surface area contributed by atoms with Gasteiger partial charge in [0.15, 0.2) is 4.77 Å². The highest BCUT2D eigenvalue weighted by Crippen LogP contribution is 2.67. The Morgan fingerprint density at radius 1 is 1.45 bits per heavy atom. The van der Waals surface area contributed by atoms with Crippen LogP contribution in [0.25, 0.3) is 0 Å². The number of thioether (sulfide) groups is 1. The van der Waals surface area contributed by atoms with Crippen molar-refractivity contribution in [1.29, 1.82) is 0 Å². The number of nitrogens with zero attached hydrogens (tertiary/aromatic N) is 1. The molecule has 3 rings (SSSR count). The third-order valence-corrected chi connectivity index (χ3v) is 7.20. The van der Waals surface area contributed by atoms with Gasteiger partial charge in [-0.3, -0.25) is 4.79 Å². The number of aryl methyl sites for hydroxylation is 1. The van der Waals surface area contributed by atoms with Crippen LogP contribution in [0.15, 0.2) is 11.1 Å². The molecule has 0 aromatic carbocycles. The maximum Gasteiger partial charge on any atom is 0.198 e. The fourth-order valence-electron chi connectivity index (χ4n) is 3.91. The normalized spacial score (nSPS) is 34.7. The fourth-order valence-corrected chi connectivity index (χ4v) is 5.82. The topological polar surface area (TPSA) is 45.8 Å². The molecule has 3 atom stereocenters. The quantitative estimate of drug-likeness (QED) is 0.664. The lowest BCUT2D eigenvalue weighted by atomic mass is 9.71. The molecule has 0 spiro atoms. The van der Waals surface area contributed by atoms with Crippen molar-refractivity contribution < 1.29 is 4.79 Å². The molecule has 2 saturated carbocycles. The molecule has 0 amide bonds. The van der Waals surface area contributed by atoms with Crippen LogP contribution in [-0.2, 0) is 4.79 Å². The van der Waals surface area contributed by atoms with Crippen LogP contribution in [0.4, 0.5) is 0 Å². The molecular formula is C15H20N2OS2. The molecule has 5 heteroatoms. The molecule has 1 heterocycles. The molecule has 2 aliphatic rings. The van der Waals surface area contributed by atoms with Gasteiger partial charge in [-0.15, -0.1) is 0 Å². The fraction of sp³-hybridized carbons (Fsp3) is 0.667. The number of fused-ring (bicyclic) bond motifs is 2. The highest BCUT2D eigenvalue weighted by Gasteiger charge is 2.66. The van der Waals surface area contributed by atoms with E-state index in [1.165, 1.54) is 0 Å². The minimum atomic E-state index is 0.0138. The van der Waals surface area contributed by atoms with Crippen LogP contribution in [0.2, 0.25) is 0 Å². The van der Waals surface area contributed by atoms with Crippen LogP contribution in [0.1, 0.15) is 39.3 Å². The summed E-state index contributed by atoms with van der Waals surface area (Å²) in [6, 6.07) is 1.98. The van der Waals surface area contributed by atoms with Crippen LogP contribution in [-0.4, -0.2) is 21.0 Å². The number of rotatable bonds is 2. The zero-order chi connectivity index (χ0) is 14.7. The van der Waals surface area contributed by atoms with Gasteiger partial charge < -0.3 is 4.98 Å². The van der Waals surface area contributed by atoms with E-state index in [2.05, 4.69) is 30.7 Å². The van der Waals surface area contributed by atoms with Gasteiger partial charge in [0.1, 0.15) is 10.8 Å². The molecular weight excluding hydrogens is 288 g/mol. The number of carbonyl (C=O) groups is 1. The summed E-state index contributed by atoms with van der Waals surface area (Å²) in [5, 5.41) is 0.883. The molecule has 0 unspecified atom stereocenters. The molecule has 108 valence electrons. The maximum atomic E-state index is 12.7. The lowest BCUT2D eigenvalue weighted by Crippen LogP contribution is -2.35. The van der Waals surface area contributed by atoms with Gasteiger partial charge >= 0.3 is 0 Å². The number of carbonyl (C=O) groups excluding carboxylic acids is 1. The molecule has 0 aliphatic heterocycles. The number of Topliss-reactive ketones (excluding diaryl/α,β-unsaturated/α-hetero) is 1. The van der Waals surface area contributed by atoms with Gasteiger partial charge in [-0.1, -0.05) is 32.5 Å². The van der Waals surface area contributed by atoms with Crippen molar-refractivity contribution in [3.05, 3.63) is 16.5 Å². The van der Waals surface area contributed by atoms with Crippen molar-refractivity contribution in [3.8, 4) is 0 Å². The van der Waals surface area contributed by atoms with E-state index in [-0.39, 0.29) is 22.0 Å². The molecule has 2 aliphatic carbocycles. The molecule has 20 heavy (non-hydrogen) atoms. The number of H-pyrrole nitrogens is 1. The molecule has 0 radical (unpaired) electrons. The Morgan fingerprint density at radius 3 is 2.70 bits per heavy atom. The first-order valence-electron chi connectivity index (χ1n) is 7.04. The Morgan fingerprint density at radius 2 is 2.15 bits per heavy atom. The van der Waals surface area contributed by atoms with Crippen molar-refractivity contribution in [2.75, 3.05) is 0 Å². The number of nitrogens with one attached hydrogen (secondary N) is 1. The van der Waals surface area contributed by atoms with Gasteiger partial charge in [-0.25, -0.2) is 4.98 Å². The lowest BCUT2D eigenvalue weighted by molar-refractivity contribution is -0.122. The number of hydrogen-bond acceptors (Lipinski definition) is 4. The van der Waals surface area contributed by atoms with Crippen LogP contribution in [0, 0.1) is 28.4 Å². The van der Waals surface area contributed by atoms with Gasteiger partial charge in [0, 0.05) is 11.6 Å². The highest BCUT2D eigenvalue weighted by atomic mass is 32.2. The van der Waals surface area contributed by atoms with E-state index in [1.807, 2.05) is 13.0 Å². The Labute approximate surface area is 129 Å². The van der Waals surface area contributed by atoms with Gasteiger partial charge in [0.05, 0.1) is 5.25 Å². The van der Waals surface area contributed by atoms with Crippen molar-refractivity contribution in [2.24, 2.45) is 16.7 Å². The number of aromatic nitrogens is 2. The van der Waals surface area contributed by atoms with E-state index in [0.29, 0.717) is 10.6 Å². The summed E-state index contributed by atoms with van der Waals surface area (Å²) in [5.74, 6) is 0.622. The average molecular weight is 308 g/mol.